The number of amides is 1. The number of hydrogen-bond donors (Lipinski definition) is 5. The first kappa shape index (κ1) is 43.8. The number of aromatic hydroxyl groups is 1. The van der Waals surface area contributed by atoms with Crippen molar-refractivity contribution < 1.29 is 37.3 Å². The average Bonchev–Trinajstić information content (AvgIpc) is 3.84. The van der Waals surface area contributed by atoms with Crippen molar-refractivity contribution in [2.75, 3.05) is 63.2 Å². The molecule has 6 rings (SSSR count). The van der Waals surface area contributed by atoms with Crippen LogP contribution in [0, 0.1) is 0 Å². The molecular weight excluding hydrogens is 815 g/mol. The van der Waals surface area contributed by atoms with Crippen molar-refractivity contribution in [2.45, 2.75) is 37.8 Å². The third-order valence-corrected chi connectivity index (χ3v) is 9.93. The van der Waals surface area contributed by atoms with Crippen LogP contribution in [0.15, 0.2) is 93.0 Å². The molecule has 61 heavy (non-hydrogen) atoms. The van der Waals surface area contributed by atoms with Gasteiger partial charge in [-0.2, -0.15) is 20.2 Å². The number of carbonyl (C=O) groups is 1. The van der Waals surface area contributed by atoms with E-state index < -0.39 is 21.6 Å². The minimum Gasteiger partial charge on any atom is -0.507 e. The van der Waals surface area contributed by atoms with Crippen molar-refractivity contribution in [3.05, 3.63) is 94.8 Å². The van der Waals surface area contributed by atoms with E-state index in [1.807, 2.05) is 6.92 Å². The lowest BCUT2D eigenvalue weighted by atomic mass is 10.1. The zero-order valence-electron chi connectivity index (χ0n) is 33.1. The summed E-state index contributed by atoms with van der Waals surface area (Å²) in [6.45, 7) is 5.05. The summed E-state index contributed by atoms with van der Waals surface area (Å²) < 4.78 is 53.0. The molecule has 0 saturated heterocycles. The van der Waals surface area contributed by atoms with Gasteiger partial charge >= 0.3 is 11.7 Å². The molecule has 0 aliphatic rings. The second-order valence-corrected chi connectivity index (χ2v) is 14.8. The molecule has 1 amide bonds. The third kappa shape index (κ3) is 12.6. The molecule has 0 saturated carbocycles. The smallest absolute Gasteiger partial charge is 0.328 e. The highest BCUT2D eigenvalue weighted by Crippen LogP contribution is 2.26. The van der Waals surface area contributed by atoms with Crippen molar-refractivity contribution >= 4 is 50.1 Å². The van der Waals surface area contributed by atoms with Crippen molar-refractivity contribution in [1.82, 2.24) is 44.8 Å². The molecular formula is C38H45N13O9S. The highest BCUT2D eigenvalue weighted by molar-refractivity contribution is 7.92. The van der Waals surface area contributed by atoms with Gasteiger partial charge in [-0.05, 0) is 61.0 Å². The lowest BCUT2D eigenvalue weighted by molar-refractivity contribution is 0.0133. The van der Waals surface area contributed by atoms with Crippen LogP contribution in [-0.2, 0) is 37.3 Å². The number of nitrogens with zero attached hydrogens (tertiary/aromatic N) is 9. The number of anilines is 2. The van der Waals surface area contributed by atoms with E-state index in [1.165, 1.54) is 59.3 Å². The van der Waals surface area contributed by atoms with Gasteiger partial charge in [0.15, 0.2) is 11.5 Å². The summed E-state index contributed by atoms with van der Waals surface area (Å²) in [7, 11) is -3.85. The number of aromatic amines is 1. The first-order chi connectivity index (χ1) is 29.6. The van der Waals surface area contributed by atoms with Crippen LogP contribution in [-0.4, -0.2) is 112 Å². The van der Waals surface area contributed by atoms with Gasteiger partial charge in [-0.25, -0.2) is 22.9 Å². The number of nitrogens with two attached hydrogens (primary N) is 1. The normalized spacial score (nSPS) is 11.7. The SMILES string of the molecule is CCCCOc1nc(N)c2[nH]c(=O)n(Cc3cn(CCOCCOCCOCCNC(=O)c4cc(N=Nc5ccc(S(=O)(=O)Nc6ccccn6)cc5)ccc4O)nn3)c2n1. The Morgan fingerprint density at radius 1 is 0.934 bits per heavy atom. The molecule has 0 atom stereocenters. The standard InChI is InChI=1S/C38H45N13O9S/c1-2-3-16-60-37-43-34(39)33-35(44-37)51(38(54)42-33)25-28-24-50(49-47-28)15-18-58-20-22-59-21-19-57-17-14-41-36(53)30-23-27(9-12-31(30)52)46-45-26-7-10-29(11-8-26)61(55,56)48-32-6-4-5-13-40-32/h4-13,23-24,52H,2-3,14-22,25H2,1H3,(H,40,48)(H,41,53)(H,42,54)(H2,39,43,44). The van der Waals surface area contributed by atoms with E-state index >= 15 is 0 Å². The van der Waals surface area contributed by atoms with Crippen LogP contribution in [0.2, 0.25) is 0 Å². The minimum atomic E-state index is -3.85. The molecule has 4 heterocycles. The van der Waals surface area contributed by atoms with E-state index in [0.29, 0.717) is 67.8 Å². The van der Waals surface area contributed by atoms with E-state index in [0.717, 1.165) is 12.8 Å². The summed E-state index contributed by atoms with van der Waals surface area (Å²) in [4.78, 5) is 40.6. The number of fused-ring (bicyclic) bond motifs is 1. The fraction of sp³-hybridized carbons (Fsp3) is 0.342. The summed E-state index contributed by atoms with van der Waals surface area (Å²) in [5.74, 6) is -0.459. The van der Waals surface area contributed by atoms with Crippen molar-refractivity contribution in [3.63, 3.8) is 0 Å². The number of azo groups is 1. The maximum Gasteiger partial charge on any atom is 0.328 e. The number of hydrogen-bond acceptors (Lipinski definition) is 17. The van der Waals surface area contributed by atoms with Crippen molar-refractivity contribution in [2.24, 2.45) is 10.2 Å². The number of nitrogen functional groups attached to an aromatic ring is 1. The highest BCUT2D eigenvalue weighted by atomic mass is 32.2. The van der Waals surface area contributed by atoms with Crippen LogP contribution in [0.1, 0.15) is 35.8 Å². The largest absolute Gasteiger partial charge is 0.507 e. The minimum absolute atomic E-state index is 0.00257. The second kappa shape index (κ2) is 21.4. The third-order valence-electron chi connectivity index (χ3n) is 8.56. The summed E-state index contributed by atoms with van der Waals surface area (Å²) in [6.07, 6.45) is 4.97. The highest BCUT2D eigenvalue weighted by Gasteiger charge is 2.17. The molecule has 23 heteroatoms. The molecule has 322 valence electrons. The Bertz CT molecular complexity index is 2560. The van der Waals surface area contributed by atoms with E-state index in [1.54, 1.807) is 23.0 Å². The van der Waals surface area contributed by atoms with Crippen LogP contribution >= 0.6 is 0 Å². The number of rotatable bonds is 24. The van der Waals surface area contributed by atoms with E-state index in [2.05, 4.69) is 50.5 Å². The molecule has 0 aliphatic carbocycles. The zero-order chi connectivity index (χ0) is 43.0. The van der Waals surface area contributed by atoms with Gasteiger partial charge in [-0.3, -0.25) is 14.1 Å². The van der Waals surface area contributed by atoms with Gasteiger partial charge in [0.1, 0.15) is 22.8 Å². The predicted octanol–water partition coefficient (Wildman–Crippen LogP) is 3.32. The summed E-state index contributed by atoms with van der Waals surface area (Å²) in [5.41, 5.74) is 7.47. The van der Waals surface area contributed by atoms with Crippen LogP contribution < -0.4 is 26.2 Å². The average molecular weight is 860 g/mol. The molecule has 0 bridgehead atoms. The second-order valence-electron chi connectivity index (χ2n) is 13.1. The summed E-state index contributed by atoms with van der Waals surface area (Å²) >= 11 is 0. The van der Waals surface area contributed by atoms with Crippen molar-refractivity contribution in [3.8, 4) is 11.8 Å². The number of imidazole rings is 1. The Morgan fingerprint density at radius 2 is 1.67 bits per heavy atom. The predicted molar refractivity (Wildman–Crippen MR) is 221 cm³/mol. The quantitative estimate of drug-likeness (QED) is 0.0431. The Morgan fingerprint density at radius 3 is 2.43 bits per heavy atom. The molecule has 0 unspecified atom stereocenters. The van der Waals surface area contributed by atoms with E-state index in [-0.39, 0.29) is 60.2 Å². The molecule has 6 aromatic rings. The molecule has 2 aromatic carbocycles. The maximum atomic E-state index is 12.7. The fourth-order valence-corrected chi connectivity index (χ4v) is 6.47. The number of aromatic nitrogens is 8. The molecule has 4 aromatic heterocycles. The molecule has 6 N–H and O–H groups in total. The van der Waals surface area contributed by atoms with Crippen LogP contribution in [0.3, 0.4) is 0 Å². The lowest BCUT2D eigenvalue weighted by Crippen LogP contribution is -2.27. The van der Waals surface area contributed by atoms with Crippen LogP contribution in [0.25, 0.3) is 11.2 Å². The van der Waals surface area contributed by atoms with Gasteiger partial charge in [-0.1, -0.05) is 24.6 Å². The van der Waals surface area contributed by atoms with Crippen LogP contribution in [0.4, 0.5) is 23.0 Å². The topological polar surface area (TPSA) is 290 Å². The number of pyridine rings is 1. The maximum absolute atomic E-state index is 12.7. The van der Waals surface area contributed by atoms with Gasteiger partial charge in [0.25, 0.3) is 15.9 Å². The first-order valence-corrected chi connectivity index (χ1v) is 20.7. The number of nitrogens with one attached hydrogen (secondary N) is 3. The number of benzene rings is 2. The zero-order valence-corrected chi connectivity index (χ0v) is 34.0. The molecule has 22 nitrogen and oxygen atoms in total. The molecule has 0 spiro atoms. The Hall–Kier alpha value is -6.82. The number of ether oxygens (including phenoxy) is 4. The Labute approximate surface area is 349 Å². The number of phenols is 1. The number of H-pyrrole nitrogens is 1. The number of carbonyl (C=O) groups excluding carboxylic acids is 1. The van der Waals surface area contributed by atoms with Gasteiger partial charge in [-0.15, -0.1) is 5.10 Å². The fourth-order valence-electron chi connectivity index (χ4n) is 5.46. The molecule has 0 fully saturated rings. The Balaban J connectivity index is 0.830. The number of phenolic OH excluding ortho intramolecular Hbond substituents is 1. The van der Waals surface area contributed by atoms with Crippen LogP contribution in [0.5, 0.6) is 11.8 Å². The van der Waals surface area contributed by atoms with Gasteiger partial charge in [0, 0.05) is 12.7 Å². The van der Waals surface area contributed by atoms with Gasteiger partial charge in [0.05, 0.1) is 87.4 Å². The van der Waals surface area contributed by atoms with Gasteiger partial charge < -0.3 is 40.1 Å². The number of unbranched alkanes of at least 4 members (excludes halogenated alkanes) is 1. The van der Waals surface area contributed by atoms with E-state index in [9.17, 15) is 23.1 Å². The number of sulfonamides is 1. The first-order valence-electron chi connectivity index (χ1n) is 19.2. The van der Waals surface area contributed by atoms with E-state index in [4.69, 9.17) is 24.7 Å². The Kier molecular flexibility index (Phi) is 15.4. The van der Waals surface area contributed by atoms with Gasteiger partial charge in [0.2, 0.25) is 0 Å². The summed E-state index contributed by atoms with van der Waals surface area (Å²) in [5, 5.41) is 29.5. The summed E-state index contributed by atoms with van der Waals surface area (Å²) in [6, 6.07) is 14.9. The van der Waals surface area contributed by atoms with Crippen molar-refractivity contribution in [1.29, 1.82) is 0 Å². The lowest BCUT2D eigenvalue weighted by Gasteiger charge is -2.09. The monoisotopic (exact) mass is 859 g/mol. The molecule has 0 radical (unpaired) electrons. The molecule has 0 aliphatic heterocycles.